The smallest absolute Gasteiger partial charge is 0.122 e. The summed E-state index contributed by atoms with van der Waals surface area (Å²) in [5.74, 6) is 1.57. The SMILES string of the molecule is ClCc1cnn(CCc2ccc3c(c2)CCO3)c1. The number of nitrogens with zero attached hydrogens (tertiary/aromatic N) is 2. The van der Waals surface area contributed by atoms with Gasteiger partial charge in [0.1, 0.15) is 5.75 Å². The zero-order valence-electron chi connectivity index (χ0n) is 10.1. The van der Waals surface area contributed by atoms with Gasteiger partial charge in [-0.1, -0.05) is 12.1 Å². The molecule has 0 radical (unpaired) electrons. The van der Waals surface area contributed by atoms with Crippen molar-refractivity contribution in [3.63, 3.8) is 0 Å². The van der Waals surface area contributed by atoms with E-state index in [1.807, 2.05) is 17.1 Å². The highest BCUT2D eigenvalue weighted by Crippen LogP contribution is 2.26. The van der Waals surface area contributed by atoms with Crippen LogP contribution in [0.25, 0.3) is 0 Å². The molecule has 18 heavy (non-hydrogen) atoms. The summed E-state index contributed by atoms with van der Waals surface area (Å²) >= 11 is 5.75. The van der Waals surface area contributed by atoms with Crippen molar-refractivity contribution in [2.24, 2.45) is 0 Å². The van der Waals surface area contributed by atoms with Crippen molar-refractivity contribution in [3.8, 4) is 5.75 Å². The van der Waals surface area contributed by atoms with Crippen LogP contribution in [-0.4, -0.2) is 16.4 Å². The summed E-state index contributed by atoms with van der Waals surface area (Å²) in [5, 5.41) is 4.28. The van der Waals surface area contributed by atoms with Crippen LogP contribution in [0.1, 0.15) is 16.7 Å². The van der Waals surface area contributed by atoms with Gasteiger partial charge in [0.2, 0.25) is 0 Å². The van der Waals surface area contributed by atoms with Crippen molar-refractivity contribution < 1.29 is 4.74 Å². The first kappa shape index (κ1) is 11.6. The summed E-state index contributed by atoms with van der Waals surface area (Å²) in [4.78, 5) is 0. The van der Waals surface area contributed by atoms with E-state index in [4.69, 9.17) is 16.3 Å². The molecule has 3 nitrogen and oxygen atoms in total. The molecule has 1 aliphatic rings. The van der Waals surface area contributed by atoms with Crippen molar-refractivity contribution in [2.75, 3.05) is 6.61 Å². The molecule has 1 aromatic heterocycles. The van der Waals surface area contributed by atoms with Gasteiger partial charge in [-0.25, -0.2) is 0 Å². The maximum Gasteiger partial charge on any atom is 0.122 e. The normalized spacial score (nSPS) is 13.4. The molecule has 0 bridgehead atoms. The monoisotopic (exact) mass is 262 g/mol. The Kier molecular flexibility index (Phi) is 3.24. The van der Waals surface area contributed by atoms with Crippen LogP contribution in [0.2, 0.25) is 0 Å². The number of aryl methyl sites for hydroxylation is 2. The maximum absolute atomic E-state index is 5.75. The number of ether oxygens (including phenoxy) is 1. The van der Waals surface area contributed by atoms with Gasteiger partial charge in [-0.3, -0.25) is 4.68 Å². The van der Waals surface area contributed by atoms with Crippen molar-refractivity contribution in [2.45, 2.75) is 25.3 Å². The second-order valence-electron chi connectivity index (χ2n) is 4.54. The van der Waals surface area contributed by atoms with E-state index in [0.29, 0.717) is 5.88 Å². The first-order chi connectivity index (χ1) is 8.85. The van der Waals surface area contributed by atoms with Crippen molar-refractivity contribution in [1.82, 2.24) is 9.78 Å². The minimum atomic E-state index is 0.524. The number of halogens is 1. The molecule has 1 aromatic carbocycles. The molecular formula is C14H15ClN2O. The minimum absolute atomic E-state index is 0.524. The predicted octanol–water partition coefficient (Wildman–Crippen LogP) is 2.80. The zero-order chi connectivity index (χ0) is 12.4. The number of hydrogen-bond acceptors (Lipinski definition) is 2. The molecule has 94 valence electrons. The van der Waals surface area contributed by atoms with Gasteiger partial charge in [0.05, 0.1) is 18.7 Å². The van der Waals surface area contributed by atoms with Gasteiger partial charge in [0, 0.05) is 24.7 Å². The summed E-state index contributed by atoms with van der Waals surface area (Å²) in [6.07, 6.45) is 5.84. The second-order valence-corrected chi connectivity index (χ2v) is 4.80. The van der Waals surface area contributed by atoms with Crippen molar-refractivity contribution in [1.29, 1.82) is 0 Å². The molecule has 0 saturated carbocycles. The summed E-state index contributed by atoms with van der Waals surface area (Å²) < 4.78 is 7.45. The molecule has 2 aromatic rings. The molecule has 0 fully saturated rings. The van der Waals surface area contributed by atoms with Crippen LogP contribution >= 0.6 is 11.6 Å². The Balaban J connectivity index is 1.66. The molecule has 0 spiro atoms. The number of hydrogen-bond donors (Lipinski definition) is 0. The van der Waals surface area contributed by atoms with E-state index >= 15 is 0 Å². The van der Waals surface area contributed by atoms with E-state index in [-0.39, 0.29) is 0 Å². The molecule has 2 heterocycles. The third-order valence-electron chi connectivity index (χ3n) is 3.22. The molecule has 0 aliphatic carbocycles. The van der Waals surface area contributed by atoms with Gasteiger partial charge < -0.3 is 4.74 Å². The lowest BCUT2D eigenvalue weighted by Gasteiger charge is -2.04. The molecular weight excluding hydrogens is 248 g/mol. The van der Waals surface area contributed by atoms with E-state index in [1.165, 1.54) is 11.1 Å². The van der Waals surface area contributed by atoms with Gasteiger partial charge in [-0.15, -0.1) is 11.6 Å². The van der Waals surface area contributed by atoms with Crippen LogP contribution in [0.15, 0.2) is 30.6 Å². The molecule has 0 N–H and O–H groups in total. The van der Waals surface area contributed by atoms with Crippen molar-refractivity contribution in [3.05, 3.63) is 47.3 Å². The highest BCUT2D eigenvalue weighted by Gasteiger charge is 2.11. The van der Waals surface area contributed by atoms with Gasteiger partial charge in [-0.2, -0.15) is 5.10 Å². The van der Waals surface area contributed by atoms with Crippen LogP contribution in [0.4, 0.5) is 0 Å². The highest BCUT2D eigenvalue weighted by molar-refractivity contribution is 6.17. The third-order valence-corrected chi connectivity index (χ3v) is 3.53. The minimum Gasteiger partial charge on any atom is -0.493 e. The topological polar surface area (TPSA) is 27.1 Å². The summed E-state index contributed by atoms with van der Waals surface area (Å²) in [5.41, 5.74) is 3.73. The van der Waals surface area contributed by atoms with Crippen LogP contribution in [-0.2, 0) is 25.3 Å². The second kappa shape index (κ2) is 5.02. The first-order valence-electron chi connectivity index (χ1n) is 6.17. The Hall–Kier alpha value is -1.48. The predicted molar refractivity (Wildman–Crippen MR) is 71.1 cm³/mol. The average molecular weight is 263 g/mol. The first-order valence-corrected chi connectivity index (χ1v) is 6.70. The molecule has 4 heteroatoms. The lowest BCUT2D eigenvalue weighted by Crippen LogP contribution is -2.01. The van der Waals surface area contributed by atoms with E-state index < -0.39 is 0 Å². The lowest BCUT2D eigenvalue weighted by atomic mass is 10.1. The molecule has 0 saturated heterocycles. The Morgan fingerprint density at radius 2 is 2.28 bits per heavy atom. The highest BCUT2D eigenvalue weighted by atomic mass is 35.5. The average Bonchev–Trinajstić information content (AvgIpc) is 3.04. The van der Waals surface area contributed by atoms with Crippen LogP contribution in [0.5, 0.6) is 5.75 Å². The standard InChI is InChI=1S/C14H15ClN2O/c15-8-12-9-16-17(10-12)5-3-11-1-2-14-13(7-11)4-6-18-14/h1-2,7,9-10H,3-6,8H2. The third kappa shape index (κ3) is 2.36. The Morgan fingerprint density at radius 3 is 3.11 bits per heavy atom. The van der Waals surface area contributed by atoms with E-state index in [9.17, 15) is 0 Å². The number of aromatic nitrogens is 2. The van der Waals surface area contributed by atoms with E-state index in [2.05, 4.69) is 23.3 Å². The van der Waals surface area contributed by atoms with Crippen molar-refractivity contribution >= 4 is 11.6 Å². The Labute approximate surface area is 111 Å². The van der Waals surface area contributed by atoms with Crippen LogP contribution < -0.4 is 4.74 Å². The van der Waals surface area contributed by atoms with Crippen LogP contribution in [0.3, 0.4) is 0 Å². The largest absolute Gasteiger partial charge is 0.493 e. The summed E-state index contributed by atoms with van der Waals surface area (Å²) in [7, 11) is 0. The lowest BCUT2D eigenvalue weighted by molar-refractivity contribution is 0.357. The van der Waals surface area contributed by atoms with E-state index in [0.717, 1.165) is 37.3 Å². The number of alkyl halides is 1. The molecule has 3 rings (SSSR count). The molecule has 0 atom stereocenters. The molecule has 1 aliphatic heterocycles. The van der Waals surface area contributed by atoms with E-state index in [1.54, 1.807) is 0 Å². The quantitative estimate of drug-likeness (QED) is 0.793. The Bertz CT molecular complexity index is 550. The number of rotatable bonds is 4. The fraction of sp³-hybridized carbons (Fsp3) is 0.357. The molecule has 0 amide bonds. The Morgan fingerprint density at radius 1 is 1.33 bits per heavy atom. The summed E-state index contributed by atoms with van der Waals surface area (Å²) in [6.45, 7) is 1.70. The van der Waals surface area contributed by atoms with Crippen LogP contribution in [0, 0.1) is 0 Å². The number of benzene rings is 1. The fourth-order valence-electron chi connectivity index (χ4n) is 2.24. The number of fused-ring (bicyclic) bond motifs is 1. The van der Waals surface area contributed by atoms with Gasteiger partial charge in [-0.05, 0) is 23.6 Å². The van der Waals surface area contributed by atoms with Gasteiger partial charge in [0.15, 0.2) is 0 Å². The maximum atomic E-state index is 5.75. The van der Waals surface area contributed by atoms with Gasteiger partial charge >= 0.3 is 0 Å². The summed E-state index contributed by atoms with van der Waals surface area (Å²) in [6, 6.07) is 6.45. The fourth-order valence-corrected chi connectivity index (χ4v) is 2.37. The molecule has 0 unspecified atom stereocenters. The van der Waals surface area contributed by atoms with Gasteiger partial charge in [0.25, 0.3) is 0 Å². The zero-order valence-corrected chi connectivity index (χ0v) is 10.9.